The molecule has 0 aromatic heterocycles. The van der Waals surface area contributed by atoms with E-state index >= 15 is 0 Å². The molecule has 1 heterocycles. The van der Waals surface area contributed by atoms with Crippen LogP contribution in [0.2, 0.25) is 0 Å². The Morgan fingerprint density at radius 2 is 2.19 bits per heavy atom. The zero-order valence-electron chi connectivity index (χ0n) is 9.36. The van der Waals surface area contributed by atoms with Crippen LogP contribution in [0.15, 0.2) is 0 Å². The first-order valence-corrected chi connectivity index (χ1v) is 5.35. The van der Waals surface area contributed by atoms with Crippen LogP contribution < -0.4 is 10.9 Å². The first kappa shape index (κ1) is 12.6. The molecule has 0 spiro atoms. The number of likely N-dealkylation sites (tertiary alicyclic amines) is 1. The molecule has 2 amide bonds. The van der Waals surface area contributed by atoms with Crippen LogP contribution in [-0.2, 0) is 14.4 Å². The molecule has 1 aliphatic heterocycles. The Morgan fingerprint density at radius 1 is 1.44 bits per heavy atom. The van der Waals surface area contributed by atoms with Crippen LogP contribution in [0.1, 0.15) is 19.8 Å². The smallest absolute Gasteiger partial charge is 0.252 e. The van der Waals surface area contributed by atoms with Crippen molar-refractivity contribution in [3.05, 3.63) is 0 Å². The minimum absolute atomic E-state index is 0.0299. The predicted molar refractivity (Wildman–Crippen MR) is 57.2 cm³/mol. The molecule has 0 aromatic rings. The maximum Gasteiger partial charge on any atom is 0.252 e. The molecule has 0 saturated carbocycles. The summed E-state index contributed by atoms with van der Waals surface area (Å²) < 4.78 is 0. The first-order chi connectivity index (χ1) is 7.61. The van der Waals surface area contributed by atoms with E-state index in [0.717, 1.165) is 25.7 Å². The molecule has 1 saturated heterocycles. The van der Waals surface area contributed by atoms with E-state index in [1.165, 1.54) is 6.92 Å². The number of hydrogen-bond donors (Lipinski definition) is 2. The molecular formula is C10H17N3O3. The third kappa shape index (κ3) is 4.39. The number of aldehydes is 1. The maximum atomic E-state index is 11.4. The molecule has 0 bridgehead atoms. The summed E-state index contributed by atoms with van der Waals surface area (Å²) in [5, 5.41) is 0. The summed E-state index contributed by atoms with van der Waals surface area (Å²) in [6, 6.07) is 0. The second-order valence-electron chi connectivity index (χ2n) is 4.00. The van der Waals surface area contributed by atoms with Crippen molar-refractivity contribution in [1.29, 1.82) is 0 Å². The predicted octanol–water partition coefficient (Wildman–Crippen LogP) is -0.935. The quantitative estimate of drug-likeness (QED) is 0.482. The van der Waals surface area contributed by atoms with Crippen molar-refractivity contribution in [2.75, 3.05) is 19.6 Å². The Kier molecular flexibility index (Phi) is 4.91. The van der Waals surface area contributed by atoms with Gasteiger partial charge in [0.05, 0.1) is 6.54 Å². The average molecular weight is 227 g/mol. The fraction of sp³-hybridized carbons (Fsp3) is 0.700. The third-order valence-electron chi connectivity index (χ3n) is 2.48. The molecule has 1 aliphatic rings. The normalized spacial score (nSPS) is 21.2. The molecule has 1 unspecified atom stereocenters. The Morgan fingerprint density at radius 3 is 2.81 bits per heavy atom. The first-order valence-electron chi connectivity index (χ1n) is 5.35. The Bertz CT molecular complexity index is 280. The highest BCUT2D eigenvalue weighted by molar-refractivity contribution is 5.81. The summed E-state index contributed by atoms with van der Waals surface area (Å²) in [5.41, 5.74) is 4.52. The van der Waals surface area contributed by atoms with E-state index in [0.29, 0.717) is 6.54 Å². The lowest BCUT2D eigenvalue weighted by Gasteiger charge is -2.29. The zero-order chi connectivity index (χ0) is 12.0. The van der Waals surface area contributed by atoms with Gasteiger partial charge >= 0.3 is 0 Å². The van der Waals surface area contributed by atoms with E-state index in [1.54, 1.807) is 0 Å². The van der Waals surface area contributed by atoms with Gasteiger partial charge in [-0.3, -0.25) is 25.3 Å². The monoisotopic (exact) mass is 227 g/mol. The fourth-order valence-electron chi connectivity index (χ4n) is 1.75. The lowest BCUT2D eigenvalue weighted by Crippen LogP contribution is -2.47. The van der Waals surface area contributed by atoms with Crippen LogP contribution >= 0.6 is 0 Å². The SMILES string of the molecule is CC(=O)NNC(=O)CN1CCCC(C=O)C1. The van der Waals surface area contributed by atoms with E-state index in [1.807, 2.05) is 4.90 Å². The van der Waals surface area contributed by atoms with Gasteiger partial charge in [-0.25, -0.2) is 0 Å². The van der Waals surface area contributed by atoms with E-state index < -0.39 is 0 Å². The van der Waals surface area contributed by atoms with E-state index in [9.17, 15) is 14.4 Å². The number of piperidine rings is 1. The van der Waals surface area contributed by atoms with Gasteiger partial charge in [-0.2, -0.15) is 0 Å². The molecule has 0 aliphatic carbocycles. The van der Waals surface area contributed by atoms with Gasteiger partial charge in [0.15, 0.2) is 0 Å². The van der Waals surface area contributed by atoms with Crippen molar-refractivity contribution in [2.24, 2.45) is 5.92 Å². The maximum absolute atomic E-state index is 11.4. The van der Waals surface area contributed by atoms with Crippen molar-refractivity contribution in [3.63, 3.8) is 0 Å². The van der Waals surface area contributed by atoms with Crippen molar-refractivity contribution in [1.82, 2.24) is 15.8 Å². The summed E-state index contributed by atoms with van der Waals surface area (Å²) >= 11 is 0. The lowest BCUT2D eigenvalue weighted by molar-refractivity contribution is -0.129. The van der Waals surface area contributed by atoms with Gasteiger partial charge in [-0.1, -0.05) is 0 Å². The molecule has 90 valence electrons. The second-order valence-corrected chi connectivity index (χ2v) is 4.00. The molecule has 1 fully saturated rings. The van der Waals surface area contributed by atoms with Crippen LogP contribution in [0.25, 0.3) is 0 Å². The molecule has 2 N–H and O–H groups in total. The molecule has 16 heavy (non-hydrogen) atoms. The molecule has 6 heteroatoms. The topological polar surface area (TPSA) is 78.5 Å². The number of amides is 2. The molecule has 6 nitrogen and oxygen atoms in total. The summed E-state index contributed by atoms with van der Waals surface area (Å²) in [6.45, 7) is 2.98. The number of nitrogens with zero attached hydrogens (tertiary/aromatic N) is 1. The van der Waals surface area contributed by atoms with Gasteiger partial charge in [0.25, 0.3) is 5.91 Å². The highest BCUT2D eigenvalue weighted by Gasteiger charge is 2.20. The van der Waals surface area contributed by atoms with Crippen molar-refractivity contribution in [2.45, 2.75) is 19.8 Å². The average Bonchev–Trinajstić information content (AvgIpc) is 2.26. The standard InChI is InChI=1S/C10H17N3O3/c1-8(15)11-12-10(16)6-13-4-2-3-9(5-13)7-14/h7,9H,2-6H2,1H3,(H,11,15)(H,12,16). The number of hydrazine groups is 1. The largest absolute Gasteiger partial charge is 0.303 e. The number of nitrogens with one attached hydrogen (secondary N) is 2. The highest BCUT2D eigenvalue weighted by Crippen LogP contribution is 2.13. The van der Waals surface area contributed by atoms with Crippen LogP contribution in [-0.4, -0.2) is 42.6 Å². The third-order valence-corrected chi connectivity index (χ3v) is 2.48. The summed E-state index contributed by atoms with van der Waals surface area (Å²) in [5.74, 6) is -0.540. The van der Waals surface area contributed by atoms with Gasteiger partial charge in [0.1, 0.15) is 6.29 Å². The van der Waals surface area contributed by atoms with Gasteiger partial charge in [0.2, 0.25) is 5.91 Å². The zero-order valence-corrected chi connectivity index (χ0v) is 9.36. The van der Waals surface area contributed by atoms with Crippen molar-refractivity contribution < 1.29 is 14.4 Å². The minimum Gasteiger partial charge on any atom is -0.303 e. The van der Waals surface area contributed by atoms with E-state index in [2.05, 4.69) is 10.9 Å². The van der Waals surface area contributed by atoms with Crippen LogP contribution in [0.5, 0.6) is 0 Å². The highest BCUT2D eigenvalue weighted by atomic mass is 16.2. The van der Waals surface area contributed by atoms with Crippen molar-refractivity contribution >= 4 is 18.1 Å². The Hall–Kier alpha value is -1.43. The Labute approximate surface area is 94.3 Å². The van der Waals surface area contributed by atoms with Crippen LogP contribution in [0, 0.1) is 5.92 Å². The van der Waals surface area contributed by atoms with Crippen LogP contribution in [0.3, 0.4) is 0 Å². The van der Waals surface area contributed by atoms with Gasteiger partial charge < -0.3 is 4.79 Å². The van der Waals surface area contributed by atoms with E-state index in [4.69, 9.17) is 0 Å². The molecular weight excluding hydrogens is 210 g/mol. The summed E-state index contributed by atoms with van der Waals surface area (Å²) in [7, 11) is 0. The van der Waals surface area contributed by atoms with Gasteiger partial charge in [-0.15, -0.1) is 0 Å². The van der Waals surface area contributed by atoms with Gasteiger partial charge in [0, 0.05) is 19.4 Å². The van der Waals surface area contributed by atoms with E-state index in [-0.39, 0.29) is 24.3 Å². The second kappa shape index (κ2) is 6.22. The lowest BCUT2D eigenvalue weighted by atomic mass is 10.00. The number of carbonyl (C=O) groups excluding carboxylic acids is 3. The van der Waals surface area contributed by atoms with Crippen LogP contribution in [0.4, 0.5) is 0 Å². The summed E-state index contributed by atoms with van der Waals surface area (Å²) in [6.07, 6.45) is 2.77. The molecule has 1 atom stereocenters. The number of hydrogen-bond acceptors (Lipinski definition) is 4. The number of rotatable bonds is 3. The fourth-order valence-corrected chi connectivity index (χ4v) is 1.75. The van der Waals surface area contributed by atoms with Gasteiger partial charge in [-0.05, 0) is 19.4 Å². The summed E-state index contributed by atoms with van der Waals surface area (Å²) in [4.78, 5) is 34.4. The molecule has 0 radical (unpaired) electrons. The molecule has 1 rings (SSSR count). The number of carbonyl (C=O) groups is 3. The Balaban J connectivity index is 2.27. The van der Waals surface area contributed by atoms with Crippen molar-refractivity contribution in [3.8, 4) is 0 Å². The molecule has 0 aromatic carbocycles. The minimum atomic E-state index is -0.308.